The fraction of sp³-hybridized carbons (Fsp3) is 0.318. The van der Waals surface area contributed by atoms with Crippen molar-refractivity contribution in [2.24, 2.45) is 5.92 Å². The molecule has 0 amide bonds. The van der Waals surface area contributed by atoms with Crippen LogP contribution in [-0.2, 0) is 13.0 Å². The van der Waals surface area contributed by atoms with Crippen LogP contribution in [0, 0.1) is 12.8 Å². The van der Waals surface area contributed by atoms with Gasteiger partial charge >= 0.3 is 0 Å². The van der Waals surface area contributed by atoms with Gasteiger partial charge in [0.25, 0.3) is 0 Å². The highest BCUT2D eigenvalue weighted by Gasteiger charge is 2.24. The molecule has 1 aliphatic heterocycles. The van der Waals surface area contributed by atoms with E-state index in [9.17, 15) is 0 Å². The Morgan fingerprint density at radius 3 is 3.04 bits per heavy atom. The van der Waals surface area contributed by atoms with Crippen LogP contribution >= 0.6 is 0 Å². The van der Waals surface area contributed by atoms with Crippen LogP contribution in [0.3, 0.4) is 0 Å². The highest BCUT2D eigenvalue weighted by molar-refractivity contribution is 5.82. The lowest BCUT2D eigenvalue weighted by Gasteiger charge is -2.17. The van der Waals surface area contributed by atoms with Gasteiger partial charge in [0.2, 0.25) is 0 Å². The molecule has 28 heavy (non-hydrogen) atoms. The van der Waals surface area contributed by atoms with Gasteiger partial charge in [-0.1, -0.05) is 12.1 Å². The summed E-state index contributed by atoms with van der Waals surface area (Å²) in [6.45, 7) is 5.26. The highest BCUT2D eigenvalue weighted by atomic mass is 15.1. The van der Waals surface area contributed by atoms with Gasteiger partial charge in [0.15, 0.2) is 5.82 Å². The summed E-state index contributed by atoms with van der Waals surface area (Å²) in [6, 6.07) is 10.8. The minimum absolute atomic E-state index is 0.631. The molecule has 4 aromatic rings. The number of hydrogen-bond donors (Lipinski definition) is 2. The van der Waals surface area contributed by atoms with Crippen molar-refractivity contribution in [3.8, 4) is 11.5 Å². The van der Waals surface area contributed by atoms with Crippen molar-refractivity contribution in [2.45, 2.75) is 26.3 Å². The lowest BCUT2D eigenvalue weighted by molar-refractivity contribution is 0.317. The van der Waals surface area contributed by atoms with Crippen LogP contribution in [0.1, 0.15) is 23.4 Å². The van der Waals surface area contributed by atoms with E-state index in [1.54, 1.807) is 6.33 Å². The third-order valence-electron chi connectivity index (χ3n) is 5.62. The molecule has 0 saturated carbocycles. The average Bonchev–Trinajstić information content (AvgIpc) is 3.44. The molecular formula is C22H24N6. The van der Waals surface area contributed by atoms with E-state index in [4.69, 9.17) is 0 Å². The summed E-state index contributed by atoms with van der Waals surface area (Å²) >= 11 is 0. The monoisotopic (exact) mass is 372 g/mol. The van der Waals surface area contributed by atoms with E-state index in [1.807, 2.05) is 19.3 Å². The molecule has 4 heterocycles. The first-order chi connectivity index (χ1) is 13.7. The summed E-state index contributed by atoms with van der Waals surface area (Å²) in [5.41, 5.74) is 5.62. The standard InChI is InChI=1S/C22H24N6/c1-15-11-24-22(27-15)21-10-18(25-14-26-21)9-16-6-8-28(12-16)13-17-3-2-4-20-19(17)5-7-23-20/h2-5,7,10-11,14,16,23H,6,8-9,12-13H2,1H3,(H,24,27). The Morgan fingerprint density at radius 2 is 2.14 bits per heavy atom. The van der Waals surface area contributed by atoms with Gasteiger partial charge in [0.1, 0.15) is 12.0 Å². The summed E-state index contributed by atoms with van der Waals surface area (Å²) in [4.78, 5) is 22.4. The summed E-state index contributed by atoms with van der Waals surface area (Å²) in [5.74, 6) is 1.44. The maximum atomic E-state index is 4.50. The topological polar surface area (TPSA) is 73.5 Å². The predicted molar refractivity (Wildman–Crippen MR) is 110 cm³/mol. The number of imidazole rings is 1. The van der Waals surface area contributed by atoms with Crippen LogP contribution in [0.2, 0.25) is 0 Å². The second-order valence-corrected chi connectivity index (χ2v) is 7.76. The summed E-state index contributed by atoms with van der Waals surface area (Å²) in [5, 5.41) is 1.33. The molecule has 1 fully saturated rings. The fourth-order valence-corrected chi connectivity index (χ4v) is 4.23. The second-order valence-electron chi connectivity index (χ2n) is 7.76. The smallest absolute Gasteiger partial charge is 0.156 e. The van der Waals surface area contributed by atoms with Crippen molar-refractivity contribution >= 4 is 10.9 Å². The van der Waals surface area contributed by atoms with Gasteiger partial charge in [-0.2, -0.15) is 0 Å². The van der Waals surface area contributed by atoms with Crippen molar-refractivity contribution < 1.29 is 0 Å². The number of likely N-dealkylation sites (tertiary alicyclic amines) is 1. The van der Waals surface area contributed by atoms with Crippen LogP contribution in [0.4, 0.5) is 0 Å². The van der Waals surface area contributed by atoms with Crippen molar-refractivity contribution in [3.05, 3.63) is 66.0 Å². The molecule has 6 heteroatoms. The van der Waals surface area contributed by atoms with Gasteiger partial charge in [0, 0.05) is 47.8 Å². The Morgan fingerprint density at radius 1 is 1.18 bits per heavy atom. The Kier molecular flexibility index (Phi) is 4.41. The second kappa shape index (κ2) is 7.20. The summed E-state index contributed by atoms with van der Waals surface area (Å²) in [7, 11) is 0. The van der Waals surface area contributed by atoms with Crippen molar-refractivity contribution in [1.82, 2.24) is 29.8 Å². The summed E-state index contributed by atoms with van der Waals surface area (Å²) in [6.07, 6.45) is 7.70. The van der Waals surface area contributed by atoms with Crippen LogP contribution < -0.4 is 0 Å². The first-order valence-electron chi connectivity index (χ1n) is 9.85. The zero-order valence-corrected chi connectivity index (χ0v) is 16.0. The Bertz CT molecular complexity index is 1100. The molecule has 0 aliphatic carbocycles. The van der Waals surface area contributed by atoms with Crippen molar-refractivity contribution in [1.29, 1.82) is 0 Å². The number of fused-ring (bicyclic) bond motifs is 1. The Labute approximate surface area is 164 Å². The first kappa shape index (κ1) is 17.1. The number of rotatable bonds is 5. The van der Waals surface area contributed by atoms with E-state index in [-0.39, 0.29) is 0 Å². The lowest BCUT2D eigenvalue weighted by Crippen LogP contribution is -2.20. The Hall–Kier alpha value is -2.99. The lowest BCUT2D eigenvalue weighted by atomic mass is 10.0. The quantitative estimate of drug-likeness (QED) is 0.560. The molecule has 1 unspecified atom stereocenters. The van der Waals surface area contributed by atoms with Gasteiger partial charge in [-0.25, -0.2) is 15.0 Å². The van der Waals surface area contributed by atoms with Crippen LogP contribution in [0.5, 0.6) is 0 Å². The molecule has 1 aromatic carbocycles. The summed E-state index contributed by atoms with van der Waals surface area (Å²) < 4.78 is 0. The number of aromatic nitrogens is 5. The number of H-pyrrole nitrogens is 2. The van der Waals surface area contributed by atoms with Crippen LogP contribution in [-0.4, -0.2) is 42.9 Å². The SMILES string of the molecule is Cc1cnc(-c2cc(CC3CCN(Cc4cccc5[nH]ccc45)C3)ncn2)[nH]1. The zero-order chi connectivity index (χ0) is 18.9. The first-order valence-corrected chi connectivity index (χ1v) is 9.85. The van der Waals surface area contributed by atoms with E-state index in [0.29, 0.717) is 5.92 Å². The molecule has 6 nitrogen and oxygen atoms in total. The maximum Gasteiger partial charge on any atom is 0.156 e. The van der Waals surface area contributed by atoms with E-state index in [2.05, 4.69) is 60.2 Å². The molecule has 1 aliphatic rings. The molecule has 0 bridgehead atoms. The molecule has 2 N–H and O–H groups in total. The number of aromatic amines is 2. The minimum atomic E-state index is 0.631. The number of benzene rings is 1. The van der Waals surface area contributed by atoms with E-state index < -0.39 is 0 Å². The van der Waals surface area contributed by atoms with Gasteiger partial charge < -0.3 is 9.97 Å². The maximum absolute atomic E-state index is 4.50. The number of aryl methyl sites for hydroxylation is 1. The third kappa shape index (κ3) is 3.43. The van der Waals surface area contributed by atoms with Gasteiger partial charge in [-0.15, -0.1) is 0 Å². The van der Waals surface area contributed by atoms with Gasteiger partial charge in [0.05, 0.1) is 0 Å². The largest absolute Gasteiger partial charge is 0.361 e. The number of hydrogen-bond acceptors (Lipinski definition) is 4. The molecule has 1 atom stereocenters. The molecule has 0 radical (unpaired) electrons. The Balaban J connectivity index is 1.25. The molecule has 142 valence electrons. The number of nitrogens with zero attached hydrogens (tertiary/aromatic N) is 4. The molecular weight excluding hydrogens is 348 g/mol. The van der Waals surface area contributed by atoms with Crippen LogP contribution in [0.25, 0.3) is 22.4 Å². The molecule has 5 rings (SSSR count). The third-order valence-corrected chi connectivity index (χ3v) is 5.62. The zero-order valence-electron chi connectivity index (χ0n) is 16.0. The number of nitrogens with one attached hydrogen (secondary N) is 2. The molecule has 0 spiro atoms. The van der Waals surface area contributed by atoms with Crippen molar-refractivity contribution in [3.63, 3.8) is 0 Å². The highest BCUT2D eigenvalue weighted by Crippen LogP contribution is 2.25. The van der Waals surface area contributed by atoms with Crippen LogP contribution in [0.15, 0.2) is 49.1 Å². The van der Waals surface area contributed by atoms with E-state index in [0.717, 1.165) is 49.0 Å². The van der Waals surface area contributed by atoms with Gasteiger partial charge in [-0.3, -0.25) is 4.90 Å². The molecule has 1 saturated heterocycles. The van der Waals surface area contributed by atoms with E-state index in [1.165, 1.54) is 22.9 Å². The fourth-order valence-electron chi connectivity index (χ4n) is 4.23. The van der Waals surface area contributed by atoms with E-state index >= 15 is 0 Å². The molecule has 3 aromatic heterocycles. The normalized spacial score (nSPS) is 17.5. The van der Waals surface area contributed by atoms with Crippen molar-refractivity contribution in [2.75, 3.05) is 13.1 Å². The average molecular weight is 372 g/mol. The van der Waals surface area contributed by atoms with Gasteiger partial charge in [-0.05, 0) is 56.0 Å². The minimum Gasteiger partial charge on any atom is -0.361 e. The predicted octanol–water partition coefficient (Wildman–Crippen LogP) is 3.72.